The topological polar surface area (TPSA) is 48.4 Å². The number of alkyl halides is 3. The molecule has 0 spiro atoms. The Kier molecular flexibility index (Phi) is 5.81. The Morgan fingerprint density at radius 3 is 2.47 bits per heavy atom. The van der Waals surface area contributed by atoms with E-state index in [1.54, 1.807) is 18.2 Å². The van der Waals surface area contributed by atoms with Crippen molar-refractivity contribution in [3.8, 4) is 5.75 Å². The number of nitrogens with one attached hydrogen (secondary N) is 1. The molecular weight excluding hydrogens is 391 g/mol. The molecule has 4 nitrogen and oxygen atoms in total. The van der Waals surface area contributed by atoms with E-state index in [-0.39, 0.29) is 11.3 Å². The summed E-state index contributed by atoms with van der Waals surface area (Å²) in [4.78, 5) is 6.44. The molecule has 0 unspecified atom stereocenters. The van der Waals surface area contributed by atoms with Crippen LogP contribution in [-0.2, 0) is 12.7 Å². The number of nitrogens with zero attached hydrogens (tertiary/aromatic N) is 2. The van der Waals surface area contributed by atoms with Crippen LogP contribution >= 0.6 is 0 Å². The van der Waals surface area contributed by atoms with Crippen molar-refractivity contribution >= 4 is 22.3 Å². The first-order valence-corrected chi connectivity index (χ1v) is 10.2. The molecule has 4 rings (SSSR count). The number of pyridine rings is 1. The lowest BCUT2D eigenvalue weighted by atomic mass is 10.1. The van der Waals surface area contributed by atoms with Crippen molar-refractivity contribution in [3.63, 3.8) is 0 Å². The molecule has 158 valence electrons. The van der Waals surface area contributed by atoms with E-state index in [0.717, 1.165) is 36.5 Å². The third-order valence-corrected chi connectivity index (χ3v) is 5.52. The molecule has 2 aromatic carbocycles. The van der Waals surface area contributed by atoms with Gasteiger partial charge in [0, 0.05) is 35.1 Å². The maximum Gasteiger partial charge on any atom is 0.416 e. The number of benzene rings is 2. The highest BCUT2D eigenvalue weighted by Crippen LogP contribution is 2.34. The minimum Gasteiger partial charge on any atom is -0.508 e. The van der Waals surface area contributed by atoms with Gasteiger partial charge in [-0.2, -0.15) is 13.2 Å². The molecule has 7 heteroatoms. The van der Waals surface area contributed by atoms with E-state index in [0.29, 0.717) is 17.6 Å². The van der Waals surface area contributed by atoms with Crippen molar-refractivity contribution in [2.24, 2.45) is 0 Å². The molecule has 2 N–H and O–H groups in total. The first-order valence-electron chi connectivity index (χ1n) is 10.2. The molecule has 30 heavy (non-hydrogen) atoms. The van der Waals surface area contributed by atoms with E-state index in [9.17, 15) is 18.3 Å². The predicted octanol–water partition coefficient (Wildman–Crippen LogP) is 6.08. The van der Waals surface area contributed by atoms with Gasteiger partial charge in [0.05, 0.1) is 11.1 Å². The van der Waals surface area contributed by atoms with E-state index in [2.05, 4.69) is 15.2 Å². The third-order valence-electron chi connectivity index (χ3n) is 5.52. The largest absolute Gasteiger partial charge is 0.508 e. The van der Waals surface area contributed by atoms with Crippen molar-refractivity contribution < 1.29 is 18.3 Å². The second-order valence-corrected chi connectivity index (χ2v) is 7.75. The number of halogens is 3. The number of phenolic OH excluding ortho intramolecular Hbond substituents is 1. The number of rotatable bonds is 4. The van der Waals surface area contributed by atoms with E-state index in [4.69, 9.17) is 0 Å². The van der Waals surface area contributed by atoms with Gasteiger partial charge in [0.2, 0.25) is 0 Å². The van der Waals surface area contributed by atoms with Gasteiger partial charge < -0.3 is 10.4 Å². The zero-order valence-electron chi connectivity index (χ0n) is 16.5. The molecule has 3 aromatic rings. The van der Waals surface area contributed by atoms with Crippen LogP contribution in [0.25, 0.3) is 10.9 Å². The highest BCUT2D eigenvalue weighted by Gasteiger charge is 2.30. The SMILES string of the molecule is Oc1ccc(Nc2ccnc3cc(C(F)(F)F)ccc23)cc1CN1CCCCCC1. The minimum atomic E-state index is -4.40. The van der Waals surface area contributed by atoms with Crippen LogP contribution < -0.4 is 5.32 Å². The summed E-state index contributed by atoms with van der Waals surface area (Å²) in [6.07, 6.45) is 1.91. The van der Waals surface area contributed by atoms with Gasteiger partial charge in [0.1, 0.15) is 5.75 Å². The van der Waals surface area contributed by atoms with E-state index >= 15 is 0 Å². The Morgan fingerprint density at radius 2 is 1.73 bits per heavy atom. The highest BCUT2D eigenvalue weighted by atomic mass is 19.4. The molecule has 1 fully saturated rings. The van der Waals surface area contributed by atoms with E-state index in [1.165, 1.54) is 37.9 Å². The lowest BCUT2D eigenvalue weighted by Crippen LogP contribution is -2.24. The van der Waals surface area contributed by atoms with Crippen LogP contribution in [0, 0.1) is 0 Å². The van der Waals surface area contributed by atoms with Crippen molar-refractivity contribution in [1.82, 2.24) is 9.88 Å². The first-order chi connectivity index (χ1) is 14.4. The summed E-state index contributed by atoms with van der Waals surface area (Å²) in [5.41, 5.74) is 1.83. The number of hydrogen-bond donors (Lipinski definition) is 2. The normalized spacial score (nSPS) is 15.8. The van der Waals surface area contributed by atoms with Crippen molar-refractivity contribution in [1.29, 1.82) is 0 Å². The summed E-state index contributed by atoms with van der Waals surface area (Å²) in [5, 5.41) is 14.2. The smallest absolute Gasteiger partial charge is 0.416 e. The zero-order chi connectivity index (χ0) is 21.1. The number of fused-ring (bicyclic) bond motifs is 1. The van der Waals surface area contributed by atoms with Gasteiger partial charge in [-0.25, -0.2) is 0 Å². The van der Waals surface area contributed by atoms with Crippen LogP contribution in [0.4, 0.5) is 24.5 Å². The highest BCUT2D eigenvalue weighted by molar-refractivity contribution is 5.93. The summed E-state index contributed by atoms with van der Waals surface area (Å²) in [6.45, 7) is 2.72. The molecule has 0 aliphatic carbocycles. The summed E-state index contributed by atoms with van der Waals surface area (Å²) >= 11 is 0. The molecule has 0 bridgehead atoms. The number of aromatic nitrogens is 1. The number of aromatic hydroxyl groups is 1. The average Bonchev–Trinajstić information content (AvgIpc) is 2.98. The molecule has 0 atom stereocenters. The Labute approximate surface area is 173 Å². The lowest BCUT2D eigenvalue weighted by molar-refractivity contribution is -0.137. The number of likely N-dealkylation sites (tertiary alicyclic amines) is 1. The van der Waals surface area contributed by atoms with E-state index in [1.807, 2.05) is 6.07 Å². The van der Waals surface area contributed by atoms with Gasteiger partial charge in [-0.15, -0.1) is 0 Å². The van der Waals surface area contributed by atoms with Gasteiger partial charge in [-0.05, 0) is 62.3 Å². The van der Waals surface area contributed by atoms with Gasteiger partial charge in [-0.1, -0.05) is 18.9 Å². The zero-order valence-corrected chi connectivity index (χ0v) is 16.5. The lowest BCUT2D eigenvalue weighted by Gasteiger charge is -2.21. The van der Waals surface area contributed by atoms with Crippen LogP contribution in [0.1, 0.15) is 36.8 Å². The fraction of sp³-hybridized carbons (Fsp3) is 0.348. The van der Waals surface area contributed by atoms with Gasteiger partial charge in [-0.3, -0.25) is 9.88 Å². The maximum atomic E-state index is 13.0. The van der Waals surface area contributed by atoms with Gasteiger partial charge >= 0.3 is 6.18 Å². The summed E-state index contributed by atoms with van der Waals surface area (Å²) in [7, 11) is 0. The minimum absolute atomic E-state index is 0.249. The Balaban J connectivity index is 1.59. The van der Waals surface area contributed by atoms with Crippen LogP contribution in [0.2, 0.25) is 0 Å². The first kappa shape index (κ1) is 20.5. The Morgan fingerprint density at radius 1 is 0.967 bits per heavy atom. The summed E-state index contributed by atoms with van der Waals surface area (Å²) in [5.74, 6) is 0.249. The molecule has 1 saturated heterocycles. The second kappa shape index (κ2) is 8.52. The molecule has 2 heterocycles. The molecule has 1 aliphatic heterocycles. The quantitative estimate of drug-likeness (QED) is 0.507. The standard InChI is InChI=1S/C23H24F3N3O/c24-23(25,26)17-5-7-19-20(9-10-27-21(19)14-17)28-18-6-8-22(30)16(13-18)15-29-11-3-1-2-4-12-29/h5-10,13-14,30H,1-4,11-12,15H2,(H,27,28). The van der Waals surface area contributed by atoms with Gasteiger partial charge in [0.15, 0.2) is 0 Å². The molecule has 0 amide bonds. The maximum absolute atomic E-state index is 13.0. The molecule has 0 saturated carbocycles. The summed E-state index contributed by atoms with van der Waals surface area (Å²) in [6, 6.07) is 10.6. The van der Waals surface area contributed by atoms with Crippen LogP contribution in [0.3, 0.4) is 0 Å². The molecule has 1 aromatic heterocycles. The summed E-state index contributed by atoms with van der Waals surface area (Å²) < 4.78 is 39.0. The molecule has 1 aliphatic rings. The van der Waals surface area contributed by atoms with Crippen molar-refractivity contribution in [2.75, 3.05) is 18.4 Å². The van der Waals surface area contributed by atoms with Crippen LogP contribution in [-0.4, -0.2) is 28.1 Å². The fourth-order valence-corrected chi connectivity index (χ4v) is 3.91. The monoisotopic (exact) mass is 415 g/mol. The van der Waals surface area contributed by atoms with Crippen molar-refractivity contribution in [2.45, 2.75) is 38.4 Å². The van der Waals surface area contributed by atoms with E-state index < -0.39 is 11.7 Å². The fourth-order valence-electron chi connectivity index (χ4n) is 3.91. The van der Waals surface area contributed by atoms with Crippen molar-refractivity contribution in [3.05, 3.63) is 59.8 Å². The number of hydrogen-bond acceptors (Lipinski definition) is 4. The number of phenols is 1. The molecular formula is C23H24F3N3O. The number of anilines is 2. The Hall–Kier alpha value is -2.80. The molecule has 0 radical (unpaired) electrons. The predicted molar refractivity (Wildman–Crippen MR) is 112 cm³/mol. The average molecular weight is 415 g/mol. The van der Waals surface area contributed by atoms with Crippen LogP contribution in [0.5, 0.6) is 5.75 Å². The third kappa shape index (κ3) is 4.67. The second-order valence-electron chi connectivity index (χ2n) is 7.75. The van der Waals surface area contributed by atoms with Gasteiger partial charge in [0.25, 0.3) is 0 Å². The Bertz CT molecular complexity index is 1030. The van der Waals surface area contributed by atoms with Crippen LogP contribution in [0.15, 0.2) is 48.7 Å².